The lowest BCUT2D eigenvalue weighted by molar-refractivity contribution is -0.137. The molecule has 0 saturated carbocycles. The van der Waals surface area contributed by atoms with Crippen LogP contribution in [0.5, 0.6) is 5.75 Å². The van der Waals surface area contributed by atoms with Gasteiger partial charge in [-0.05, 0) is 41.5 Å². The topological polar surface area (TPSA) is 44.6 Å². The second-order valence-electron chi connectivity index (χ2n) is 6.40. The Labute approximate surface area is 161 Å². The summed E-state index contributed by atoms with van der Waals surface area (Å²) in [5.41, 5.74) is 5.02. The predicted octanol–water partition coefficient (Wildman–Crippen LogP) is 6.01. The molecule has 3 aromatic carbocycles. The van der Waals surface area contributed by atoms with Gasteiger partial charge in [0.2, 0.25) is 0 Å². The summed E-state index contributed by atoms with van der Waals surface area (Å²) in [7, 11) is 0. The molecule has 2 N–H and O–H groups in total. The minimum atomic E-state index is -4.38. The summed E-state index contributed by atoms with van der Waals surface area (Å²) in [4.78, 5) is 0. The van der Waals surface area contributed by atoms with E-state index in [2.05, 4.69) is 10.5 Å². The standard InChI is InChI=1S/C22H19F3N2O/c1-15(20-7-2-3-8-21(20)28)17-9-11-19(12-10-17)27-26-14-16-5-4-6-18(13-16)22(23,24)25/h2-15,27-28H,1H3/b26-14+/t15-/m1/s1. The second-order valence-corrected chi connectivity index (χ2v) is 6.40. The number of aromatic hydroxyl groups is 1. The fourth-order valence-corrected chi connectivity index (χ4v) is 2.86. The quantitative estimate of drug-likeness (QED) is 0.418. The number of halogens is 3. The molecule has 144 valence electrons. The van der Waals surface area contributed by atoms with Gasteiger partial charge in [-0.2, -0.15) is 18.3 Å². The lowest BCUT2D eigenvalue weighted by Crippen LogP contribution is -2.05. The fourth-order valence-electron chi connectivity index (χ4n) is 2.86. The number of hydrogen-bond donors (Lipinski definition) is 2. The third-order valence-corrected chi connectivity index (χ3v) is 4.44. The van der Waals surface area contributed by atoms with Gasteiger partial charge < -0.3 is 5.11 Å². The molecule has 0 bridgehead atoms. The van der Waals surface area contributed by atoms with Crippen LogP contribution in [0.2, 0.25) is 0 Å². The van der Waals surface area contributed by atoms with E-state index in [9.17, 15) is 18.3 Å². The molecule has 0 heterocycles. The fraction of sp³-hybridized carbons (Fsp3) is 0.136. The van der Waals surface area contributed by atoms with Crippen LogP contribution < -0.4 is 5.43 Å². The van der Waals surface area contributed by atoms with Crippen molar-refractivity contribution in [2.45, 2.75) is 19.0 Å². The van der Waals surface area contributed by atoms with E-state index >= 15 is 0 Å². The van der Waals surface area contributed by atoms with Crippen LogP contribution in [-0.2, 0) is 6.18 Å². The van der Waals surface area contributed by atoms with Crippen LogP contribution in [-0.4, -0.2) is 11.3 Å². The predicted molar refractivity (Wildman–Crippen MR) is 105 cm³/mol. The zero-order valence-corrected chi connectivity index (χ0v) is 15.1. The molecule has 0 fully saturated rings. The maximum absolute atomic E-state index is 12.7. The highest BCUT2D eigenvalue weighted by atomic mass is 19.4. The SMILES string of the molecule is C[C@H](c1ccc(N/N=C/c2cccc(C(F)(F)F)c2)cc1)c1ccccc1O. The number of nitrogens with one attached hydrogen (secondary N) is 1. The number of phenolic OH excluding ortho intramolecular Hbond substituents is 1. The van der Waals surface area contributed by atoms with E-state index in [1.165, 1.54) is 12.3 Å². The summed E-state index contributed by atoms with van der Waals surface area (Å²) < 4.78 is 38.2. The number of alkyl halides is 3. The number of para-hydroxylation sites is 1. The Balaban J connectivity index is 1.67. The monoisotopic (exact) mass is 384 g/mol. The highest BCUT2D eigenvalue weighted by molar-refractivity contribution is 5.80. The van der Waals surface area contributed by atoms with E-state index in [0.29, 0.717) is 11.3 Å². The molecule has 0 aliphatic carbocycles. The number of hydrogen-bond acceptors (Lipinski definition) is 3. The average molecular weight is 384 g/mol. The first-order valence-electron chi connectivity index (χ1n) is 8.69. The van der Waals surface area contributed by atoms with Crippen molar-refractivity contribution in [2.24, 2.45) is 5.10 Å². The van der Waals surface area contributed by atoms with Crippen LogP contribution in [0.3, 0.4) is 0 Å². The molecule has 0 aromatic heterocycles. The van der Waals surface area contributed by atoms with Gasteiger partial charge in [-0.15, -0.1) is 0 Å². The number of benzene rings is 3. The number of phenols is 1. The molecule has 0 radical (unpaired) electrons. The van der Waals surface area contributed by atoms with Gasteiger partial charge >= 0.3 is 6.18 Å². The third kappa shape index (κ3) is 4.71. The Morgan fingerprint density at radius 1 is 0.964 bits per heavy atom. The summed E-state index contributed by atoms with van der Waals surface area (Å²) in [6, 6.07) is 19.7. The van der Waals surface area contributed by atoms with Crippen molar-refractivity contribution < 1.29 is 18.3 Å². The van der Waals surface area contributed by atoms with Gasteiger partial charge in [0.05, 0.1) is 17.5 Å². The van der Waals surface area contributed by atoms with Gasteiger partial charge in [-0.3, -0.25) is 5.43 Å². The Hall–Kier alpha value is -3.28. The molecular formula is C22H19F3N2O. The van der Waals surface area contributed by atoms with E-state index in [0.717, 1.165) is 23.3 Å². The van der Waals surface area contributed by atoms with Gasteiger partial charge in [-0.25, -0.2) is 0 Å². The van der Waals surface area contributed by atoms with Crippen molar-refractivity contribution in [1.82, 2.24) is 0 Å². The van der Waals surface area contributed by atoms with Crippen LogP contribution in [0.1, 0.15) is 35.1 Å². The van der Waals surface area contributed by atoms with Crippen molar-refractivity contribution in [1.29, 1.82) is 0 Å². The van der Waals surface area contributed by atoms with Crippen LogP contribution >= 0.6 is 0 Å². The number of hydrazone groups is 1. The molecule has 0 unspecified atom stereocenters. The van der Waals surface area contributed by atoms with E-state index in [-0.39, 0.29) is 11.7 Å². The third-order valence-electron chi connectivity index (χ3n) is 4.44. The number of anilines is 1. The van der Waals surface area contributed by atoms with Crippen molar-refractivity contribution >= 4 is 11.9 Å². The highest BCUT2D eigenvalue weighted by Crippen LogP contribution is 2.31. The van der Waals surface area contributed by atoms with Gasteiger partial charge in [0.15, 0.2) is 0 Å². The molecule has 28 heavy (non-hydrogen) atoms. The highest BCUT2D eigenvalue weighted by Gasteiger charge is 2.30. The van der Waals surface area contributed by atoms with E-state index < -0.39 is 11.7 Å². The molecule has 0 aliphatic rings. The molecular weight excluding hydrogens is 365 g/mol. The van der Waals surface area contributed by atoms with Gasteiger partial charge in [0, 0.05) is 11.5 Å². The van der Waals surface area contributed by atoms with E-state index in [1.54, 1.807) is 18.2 Å². The molecule has 6 heteroatoms. The number of rotatable bonds is 5. The Kier molecular flexibility index (Phi) is 5.68. The van der Waals surface area contributed by atoms with Gasteiger partial charge in [-0.1, -0.05) is 49.4 Å². The van der Waals surface area contributed by atoms with Crippen molar-refractivity contribution in [3.05, 3.63) is 95.1 Å². The summed E-state index contributed by atoms with van der Waals surface area (Å²) in [6.07, 6.45) is -3.04. The summed E-state index contributed by atoms with van der Waals surface area (Å²) >= 11 is 0. The first-order valence-corrected chi connectivity index (χ1v) is 8.69. The maximum Gasteiger partial charge on any atom is 0.416 e. The molecule has 0 spiro atoms. The summed E-state index contributed by atoms with van der Waals surface area (Å²) in [5.74, 6) is 0.270. The Morgan fingerprint density at radius 3 is 2.36 bits per heavy atom. The normalized spacial score (nSPS) is 12.9. The molecule has 0 aliphatic heterocycles. The van der Waals surface area contributed by atoms with Crippen molar-refractivity contribution in [3.63, 3.8) is 0 Å². The first kappa shape index (κ1) is 19.5. The zero-order valence-electron chi connectivity index (χ0n) is 15.1. The van der Waals surface area contributed by atoms with Crippen LogP contribution in [0.4, 0.5) is 18.9 Å². The minimum absolute atomic E-state index is 0.0175. The van der Waals surface area contributed by atoms with Crippen LogP contribution in [0, 0.1) is 0 Å². The largest absolute Gasteiger partial charge is 0.508 e. The van der Waals surface area contributed by atoms with E-state index in [4.69, 9.17) is 0 Å². The van der Waals surface area contributed by atoms with Crippen LogP contribution in [0.15, 0.2) is 77.9 Å². The maximum atomic E-state index is 12.7. The lowest BCUT2D eigenvalue weighted by Gasteiger charge is -2.14. The molecule has 3 nitrogen and oxygen atoms in total. The zero-order chi connectivity index (χ0) is 20.1. The molecule has 3 rings (SSSR count). The molecule has 0 saturated heterocycles. The summed E-state index contributed by atoms with van der Waals surface area (Å²) in [6.45, 7) is 2.00. The second kappa shape index (κ2) is 8.17. The Morgan fingerprint density at radius 2 is 1.68 bits per heavy atom. The minimum Gasteiger partial charge on any atom is -0.508 e. The number of nitrogens with zero attached hydrogens (tertiary/aromatic N) is 1. The van der Waals surface area contributed by atoms with Crippen molar-refractivity contribution in [3.8, 4) is 5.75 Å². The first-order chi connectivity index (χ1) is 13.3. The smallest absolute Gasteiger partial charge is 0.416 e. The van der Waals surface area contributed by atoms with Crippen LogP contribution in [0.25, 0.3) is 0 Å². The van der Waals surface area contributed by atoms with Gasteiger partial charge in [0.1, 0.15) is 5.75 Å². The lowest BCUT2D eigenvalue weighted by atomic mass is 9.92. The molecule has 3 aromatic rings. The van der Waals surface area contributed by atoms with E-state index in [1.807, 2.05) is 43.3 Å². The Bertz CT molecular complexity index is 966. The molecule has 1 atom stereocenters. The summed E-state index contributed by atoms with van der Waals surface area (Å²) in [5, 5.41) is 14.0. The van der Waals surface area contributed by atoms with Crippen molar-refractivity contribution in [2.75, 3.05) is 5.43 Å². The average Bonchev–Trinajstić information content (AvgIpc) is 2.68. The van der Waals surface area contributed by atoms with Gasteiger partial charge in [0.25, 0.3) is 0 Å². The molecule has 0 amide bonds.